The van der Waals surface area contributed by atoms with E-state index >= 15 is 0 Å². The summed E-state index contributed by atoms with van der Waals surface area (Å²) in [7, 11) is 1.55. The maximum absolute atomic E-state index is 12.9. The molecule has 0 atom stereocenters. The van der Waals surface area contributed by atoms with E-state index in [1.807, 2.05) is 72.8 Å². The van der Waals surface area contributed by atoms with Gasteiger partial charge < -0.3 is 10.1 Å². The summed E-state index contributed by atoms with van der Waals surface area (Å²) in [6, 6.07) is 22.6. The fraction of sp³-hybridized carbons (Fsp3) is 0.125. The lowest BCUT2D eigenvalue weighted by atomic mass is 9.90. The maximum Gasteiger partial charge on any atom is 0.259 e. The van der Waals surface area contributed by atoms with Crippen LogP contribution in [0.4, 0.5) is 0 Å². The molecule has 164 valence electrons. The Kier molecular flexibility index (Phi) is 8.58. The molecule has 2 N–H and O–H groups in total. The summed E-state index contributed by atoms with van der Waals surface area (Å²) < 4.78 is 6.93. The number of halogens is 2. The minimum absolute atomic E-state index is 0.203. The molecule has 0 bridgehead atoms. The van der Waals surface area contributed by atoms with E-state index in [0.717, 1.165) is 20.1 Å². The van der Waals surface area contributed by atoms with E-state index in [2.05, 4.69) is 47.7 Å². The smallest absolute Gasteiger partial charge is 0.259 e. The predicted octanol–water partition coefficient (Wildman–Crippen LogP) is 4.62. The fourth-order valence-electron chi connectivity index (χ4n) is 3.16. The molecule has 0 aliphatic carbocycles. The fourth-order valence-corrected chi connectivity index (χ4v) is 4.58. The van der Waals surface area contributed by atoms with E-state index in [9.17, 15) is 9.59 Å². The molecular formula is C24H21Br2N3O3. The van der Waals surface area contributed by atoms with Crippen LogP contribution in [0.15, 0.2) is 86.8 Å². The van der Waals surface area contributed by atoms with Gasteiger partial charge in [-0.25, -0.2) is 5.43 Å². The van der Waals surface area contributed by atoms with Crippen LogP contribution in [0.2, 0.25) is 0 Å². The highest BCUT2D eigenvalue weighted by atomic mass is 79.9. The van der Waals surface area contributed by atoms with Gasteiger partial charge in [0.05, 0.1) is 30.3 Å². The van der Waals surface area contributed by atoms with E-state index in [0.29, 0.717) is 11.3 Å². The number of hydrogen-bond acceptors (Lipinski definition) is 4. The van der Waals surface area contributed by atoms with Crippen LogP contribution in [0.1, 0.15) is 22.6 Å². The highest BCUT2D eigenvalue weighted by Crippen LogP contribution is 2.31. The molecule has 8 heteroatoms. The lowest BCUT2D eigenvalue weighted by Gasteiger charge is -2.17. The summed E-state index contributed by atoms with van der Waals surface area (Å²) in [5, 5.41) is 6.68. The minimum Gasteiger partial charge on any atom is -0.495 e. The van der Waals surface area contributed by atoms with Gasteiger partial charge >= 0.3 is 0 Å². The molecule has 3 aromatic rings. The Bertz CT molecular complexity index is 1070. The van der Waals surface area contributed by atoms with Crippen LogP contribution in [0.3, 0.4) is 0 Å². The van der Waals surface area contributed by atoms with Gasteiger partial charge in [0, 0.05) is 10.0 Å². The molecule has 0 unspecified atom stereocenters. The number of nitrogens with zero attached hydrogens (tertiary/aromatic N) is 1. The molecule has 6 nitrogen and oxygen atoms in total. The zero-order valence-corrected chi connectivity index (χ0v) is 20.4. The maximum atomic E-state index is 12.9. The molecule has 0 saturated heterocycles. The van der Waals surface area contributed by atoms with Crippen LogP contribution in [-0.4, -0.2) is 31.7 Å². The Balaban J connectivity index is 1.64. The second-order valence-electron chi connectivity index (χ2n) is 6.78. The van der Waals surface area contributed by atoms with Crippen molar-refractivity contribution in [2.24, 2.45) is 5.10 Å². The third kappa shape index (κ3) is 6.27. The molecule has 0 aliphatic heterocycles. The van der Waals surface area contributed by atoms with Gasteiger partial charge in [0.2, 0.25) is 5.91 Å². The molecule has 0 aromatic heterocycles. The lowest BCUT2D eigenvalue weighted by Crippen LogP contribution is -2.37. The zero-order chi connectivity index (χ0) is 22.9. The number of ether oxygens (including phenoxy) is 1. The Morgan fingerprint density at radius 1 is 1.00 bits per heavy atom. The molecule has 3 rings (SSSR count). The van der Waals surface area contributed by atoms with E-state index in [-0.39, 0.29) is 12.5 Å². The average Bonchev–Trinajstić information content (AvgIpc) is 2.79. The lowest BCUT2D eigenvalue weighted by molar-refractivity contribution is -0.126. The molecule has 3 aromatic carbocycles. The number of carbonyl (C=O) groups excluding carboxylic acids is 2. The van der Waals surface area contributed by atoms with Gasteiger partial charge in [-0.2, -0.15) is 5.10 Å². The molecule has 0 radical (unpaired) electrons. The van der Waals surface area contributed by atoms with Gasteiger partial charge in [-0.3, -0.25) is 9.59 Å². The number of amides is 2. The van der Waals surface area contributed by atoms with Gasteiger partial charge in [-0.1, -0.05) is 76.6 Å². The van der Waals surface area contributed by atoms with Crippen molar-refractivity contribution in [1.82, 2.24) is 10.7 Å². The summed E-state index contributed by atoms with van der Waals surface area (Å²) in [5.41, 5.74) is 4.80. The van der Waals surface area contributed by atoms with Crippen LogP contribution in [0, 0.1) is 0 Å². The third-order valence-corrected chi connectivity index (χ3v) is 5.63. The van der Waals surface area contributed by atoms with Crippen molar-refractivity contribution in [3.8, 4) is 5.75 Å². The Hall–Kier alpha value is -2.97. The van der Waals surface area contributed by atoms with Gasteiger partial charge in [-0.15, -0.1) is 0 Å². The highest BCUT2D eigenvalue weighted by molar-refractivity contribution is 9.11. The van der Waals surface area contributed by atoms with E-state index in [1.54, 1.807) is 7.11 Å². The number of methoxy groups -OCH3 is 1. The van der Waals surface area contributed by atoms with Crippen LogP contribution >= 0.6 is 31.9 Å². The average molecular weight is 559 g/mol. The van der Waals surface area contributed by atoms with Crippen LogP contribution in [-0.2, 0) is 9.59 Å². The van der Waals surface area contributed by atoms with Gasteiger partial charge in [0.25, 0.3) is 5.91 Å². The van der Waals surface area contributed by atoms with Crippen molar-refractivity contribution in [3.63, 3.8) is 0 Å². The molecule has 32 heavy (non-hydrogen) atoms. The number of carbonyl (C=O) groups is 2. The van der Waals surface area contributed by atoms with Crippen molar-refractivity contribution in [2.45, 2.75) is 5.92 Å². The minimum atomic E-state index is -0.517. The monoisotopic (exact) mass is 557 g/mol. The van der Waals surface area contributed by atoms with Crippen molar-refractivity contribution >= 4 is 49.9 Å². The first-order valence-corrected chi connectivity index (χ1v) is 11.3. The molecule has 2 amide bonds. The SMILES string of the molecule is COc1c(Br)cc(Br)cc1/C=N\NC(=O)CNC(=O)C(c1ccccc1)c1ccccc1. The highest BCUT2D eigenvalue weighted by Gasteiger charge is 2.22. The Labute approximate surface area is 203 Å². The topological polar surface area (TPSA) is 79.8 Å². The molecular weight excluding hydrogens is 538 g/mol. The van der Waals surface area contributed by atoms with Gasteiger partial charge in [0.15, 0.2) is 0 Å². The number of nitrogens with one attached hydrogen (secondary N) is 2. The van der Waals surface area contributed by atoms with E-state index in [1.165, 1.54) is 6.21 Å². The molecule has 0 saturated carbocycles. The third-order valence-electron chi connectivity index (χ3n) is 4.59. The van der Waals surface area contributed by atoms with E-state index < -0.39 is 11.8 Å². The van der Waals surface area contributed by atoms with Crippen LogP contribution in [0.25, 0.3) is 0 Å². The summed E-state index contributed by atoms with van der Waals surface area (Å²) >= 11 is 6.83. The first-order chi connectivity index (χ1) is 15.5. The normalized spacial score (nSPS) is 10.9. The number of hydrogen-bond donors (Lipinski definition) is 2. The first-order valence-electron chi connectivity index (χ1n) is 9.72. The van der Waals surface area contributed by atoms with E-state index in [4.69, 9.17) is 4.74 Å². The quantitative estimate of drug-likeness (QED) is 0.313. The second kappa shape index (κ2) is 11.6. The summed E-state index contributed by atoms with van der Waals surface area (Å²) in [6.45, 7) is -0.203. The van der Waals surface area contributed by atoms with Crippen molar-refractivity contribution in [2.75, 3.05) is 13.7 Å². The van der Waals surface area contributed by atoms with Gasteiger partial charge in [-0.05, 0) is 39.2 Å². The number of rotatable bonds is 8. The standard InChI is InChI=1S/C24H21Br2N3O3/c1-32-23-18(12-19(25)13-20(23)26)14-28-29-21(30)15-27-24(31)22(16-8-4-2-5-9-16)17-10-6-3-7-11-17/h2-14,22H,15H2,1H3,(H,27,31)(H,29,30)/b28-14-. The predicted molar refractivity (Wildman–Crippen MR) is 132 cm³/mol. The Morgan fingerprint density at radius 3 is 2.16 bits per heavy atom. The zero-order valence-electron chi connectivity index (χ0n) is 17.2. The van der Waals surface area contributed by atoms with Crippen molar-refractivity contribution < 1.29 is 14.3 Å². The summed E-state index contributed by atoms with van der Waals surface area (Å²) in [6.07, 6.45) is 1.48. The summed E-state index contributed by atoms with van der Waals surface area (Å²) in [5.74, 6) is -0.633. The molecule has 0 spiro atoms. The number of hydrazone groups is 1. The molecule has 0 fully saturated rings. The second-order valence-corrected chi connectivity index (χ2v) is 8.55. The molecule has 0 heterocycles. The van der Waals surface area contributed by atoms with Crippen LogP contribution < -0.4 is 15.5 Å². The van der Waals surface area contributed by atoms with Gasteiger partial charge in [0.1, 0.15) is 5.75 Å². The number of benzene rings is 3. The summed E-state index contributed by atoms with van der Waals surface area (Å²) in [4.78, 5) is 25.2. The van der Waals surface area contributed by atoms with Crippen molar-refractivity contribution in [1.29, 1.82) is 0 Å². The van der Waals surface area contributed by atoms with Crippen molar-refractivity contribution in [3.05, 3.63) is 98.4 Å². The largest absolute Gasteiger partial charge is 0.495 e. The first kappa shape index (κ1) is 23.7. The molecule has 0 aliphatic rings. The Morgan fingerprint density at radius 2 is 1.59 bits per heavy atom. The van der Waals surface area contributed by atoms with Crippen LogP contribution in [0.5, 0.6) is 5.75 Å².